The van der Waals surface area contributed by atoms with Gasteiger partial charge in [0.25, 0.3) is 0 Å². The van der Waals surface area contributed by atoms with Gasteiger partial charge in [-0.25, -0.2) is 4.98 Å². The van der Waals surface area contributed by atoms with Crippen LogP contribution in [0.25, 0.3) is 11.2 Å². The smallest absolute Gasteiger partial charge is 0.231 e. The predicted molar refractivity (Wildman–Crippen MR) is 147 cm³/mol. The summed E-state index contributed by atoms with van der Waals surface area (Å²) >= 11 is 0. The summed E-state index contributed by atoms with van der Waals surface area (Å²) in [6, 6.07) is 12.4. The summed E-state index contributed by atoms with van der Waals surface area (Å²) in [5, 5.41) is 3.45. The average Bonchev–Trinajstić information content (AvgIpc) is 3.51. The number of hydrogen-bond acceptors (Lipinski definition) is 8. The first-order valence-corrected chi connectivity index (χ1v) is 12.6. The topological polar surface area (TPSA) is 97.6 Å². The minimum absolute atomic E-state index is 0.0207. The second kappa shape index (κ2) is 10.6. The van der Waals surface area contributed by atoms with Crippen molar-refractivity contribution in [3.05, 3.63) is 65.0 Å². The molecule has 0 spiro atoms. The Morgan fingerprint density at radius 3 is 2.53 bits per heavy atom. The highest BCUT2D eigenvalue weighted by atomic mass is 16.7. The van der Waals surface area contributed by atoms with Gasteiger partial charge in [-0.2, -0.15) is 9.97 Å². The summed E-state index contributed by atoms with van der Waals surface area (Å²) in [7, 11) is 3.72. The first-order chi connectivity index (χ1) is 18.3. The molecule has 0 saturated carbocycles. The number of nitrogens with one attached hydrogen (secondary N) is 1. The van der Waals surface area contributed by atoms with E-state index in [1.165, 1.54) is 16.7 Å². The van der Waals surface area contributed by atoms with Crippen molar-refractivity contribution < 1.29 is 14.3 Å². The molecular weight excluding hydrogens is 482 g/mol. The van der Waals surface area contributed by atoms with Crippen molar-refractivity contribution in [2.24, 2.45) is 0 Å². The first-order valence-electron chi connectivity index (χ1n) is 12.6. The van der Waals surface area contributed by atoms with Crippen LogP contribution >= 0.6 is 0 Å². The standard InChI is InChI=1S/C28H33N7O3/c1-18-10-19(2)12-22(11-18)15-35-16-30-25-26(29-14-21-6-7-23-24(13-21)38-17-37-23)31-28(32-27(25)35)34(5)9-8-33(4)20(3)36/h6-7,10-13,16H,8-9,14-15,17H2,1-5H3,(H,29,31,32). The highest BCUT2D eigenvalue weighted by Crippen LogP contribution is 2.33. The molecule has 10 heteroatoms. The highest BCUT2D eigenvalue weighted by molar-refractivity contribution is 5.84. The maximum absolute atomic E-state index is 11.7. The molecule has 5 rings (SSSR count). The number of aryl methyl sites for hydroxylation is 2. The van der Waals surface area contributed by atoms with Crippen LogP contribution in [0, 0.1) is 13.8 Å². The number of hydrogen-bond donors (Lipinski definition) is 1. The van der Waals surface area contributed by atoms with Gasteiger partial charge in [0, 0.05) is 40.7 Å². The highest BCUT2D eigenvalue weighted by Gasteiger charge is 2.18. The van der Waals surface area contributed by atoms with Crippen LogP contribution in [0.5, 0.6) is 11.5 Å². The molecule has 0 bridgehead atoms. The Balaban J connectivity index is 1.46. The van der Waals surface area contributed by atoms with E-state index in [4.69, 9.17) is 19.4 Å². The molecule has 1 amide bonds. The van der Waals surface area contributed by atoms with E-state index in [0.717, 1.165) is 22.7 Å². The number of carbonyl (C=O) groups is 1. The van der Waals surface area contributed by atoms with Crippen LogP contribution in [-0.4, -0.2) is 64.3 Å². The lowest BCUT2D eigenvalue weighted by Gasteiger charge is -2.22. The van der Waals surface area contributed by atoms with Gasteiger partial charge in [-0.15, -0.1) is 0 Å². The van der Waals surface area contributed by atoms with Gasteiger partial charge < -0.3 is 29.2 Å². The molecule has 2 aromatic carbocycles. The van der Waals surface area contributed by atoms with Crippen LogP contribution in [0.15, 0.2) is 42.7 Å². The zero-order valence-corrected chi connectivity index (χ0v) is 22.5. The van der Waals surface area contributed by atoms with Gasteiger partial charge in [-0.3, -0.25) is 4.79 Å². The fourth-order valence-electron chi connectivity index (χ4n) is 4.49. The van der Waals surface area contributed by atoms with Gasteiger partial charge in [0.2, 0.25) is 18.6 Å². The van der Waals surface area contributed by atoms with E-state index >= 15 is 0 Å². The number of ether oxygens (including phenoxy) is 2. The van der Waals surface area contributed by atoms with Crippen molar-refractivity contribution in [1.29, 1.82) is 0 Å². The minimum Gasteiger partial charge on any atom is -0.454 e. The lowest BCUT2D eigenvalue weighted by atomic mass is 10.1. The van der Waals surface area contributed by atoms with Crippen LogP contribution < -0.4 is 19.7 Å². The number of carbonyl (C=O) groups excluding carboxylic acids is 1. The molecule has 0 aliphatic carbocycles. The van der Waals surface area contributed by atoms with Crippen molar-refractivity contribution in [2.45, 2.75) is 33.9 Å². The van der Waals surface area contributed by atoms with Gasteiger partial charge in [0.05, 0.1) is 12.9 Å². The van der Waals surface area contributed by atoms with Crippen LogP contribution in [0.4, 0.5) is 11.8 Å². The lowest BCUT2D eigenvalue weighted by molar-refractivity contribution is -0.127. The molecule has 2 aromatic heterocycles. The SMILES string of the molecule is CC(=O)N(C)CCN(C)c1nc(NCc2ccc3c(c2)OCO3)c2ncn(Cc3cc(C)cc(C)c3)c2n1. The molecule has 1 N–H and O–H groups in total. The van der Waals surface area contributed by atoms with Crippen molar-refractivity contribution in [3.63, 3.8) is 0 Å². The Morgan fingerprint density at radius 1 is 1.00 bits per heavy atom. The van der Waals surface area contributed by atoms with Gasteiger partial charge in [-0.05, 0) is 37.1 Å². The van der Waals surface area contributed by atoms with Crippen LogP contribution in [0.3, 0.4) is 0 Å². The third-order valence-corrected chi connectivity index (χ3v) is 6.63. The van der Waals surface area contributed by atoms with Gasteiger partial charge in [-0.1, -0.05) is 35.4 Å². The average molecular weight is 516 g/mol. The Kier molecular flexibility index (Phi) is 7.04. The monoisotopic (exact) mass is 515 g/mol. The van der Waals surface area contributed by atoms with Crippen molar-refractivity contribution in [1.82, 2.24) is 24.4 Å². The fourth-order valence-corrected chi connectivity index (χ4v) is 4.49. The number of benzene rings is 2. The maximum atomic E-state index is 11.7. The quantitative estimate of drug-likeness (QED) is 0.360. The molecule has 10 nitrogen and oxygen atoms in total. The summed E-state index contributed by atoms with van der Waals surface area (Å²) in [5.74, 6) is 2.72. The largest absolute Gasteiger partial charge is 0.454 e. The molecule has 3 heterocycles. The van der Waals surface area contributed by atoms with Crippen molar-refractivity contribution in [2.75, 3.05) is 44.2 Å². The third kappa shape index (κ3) is 5.49. The predicted octanol–water partition coefficient (Wildman–Crippen LogP) is 3.75. The molecule has 0 unspecified atom stereocenters. The number of aromatic nitrogens is 4. The molecule has 0 atom stereocenters. The molecule has 0 fully saturated rings. The van der Waals surface area contributed by atoms with E-state index in [2.05, 4.69) is 46.9 Å². The summed E-state index contributed by atoms with van der Waals surface area (Å²) in [6.45, 7) is 8.35. The molecule has 4 aromatic rings. The van der Waals surface area contributed by atoms with Crippen LogP contribution in [0.1, 0.15) is 29.2 Å². The van der Waals surface area contributed by atoms with Gasteiger partial charge in [0.1, 0.15) is 0 Å². The van der Waals surface area contributed by atoms with Crippen molar-refractivity contribution >= 4 is 28.8 Å². The van der Waals surface area contributed by atoms with E-state index in [-0.39, 0.29) is 12.7 Å². The van der Waals surface area contributed by atoms with Crippen LogP contribution in [-0.2, 0) is 17.9 Å². The zero-order chi connectivity index (χ0) is 26.8. The van der Waals surface area contributed by atoms with Crippen molar-refractivity contribution in [3.8, 4) is 11.5 Å². The minimum atomic E-state index is 0.0207. The fraction of sp³-hybridized carbons (Fsp3) is 0.357. The molecular formula is C28H33N7O3. The number of nitrogens with zero attached hydrogens (tertiary/aromatic N) is 6. The summed E-state index contributed by atoms with van der Waals surface area (Å²) < 4.78 is 13.0. The number of rotatable bonds is 9. The Labute approximate surface area is 222 Å². The lowest BCUT2D eigenvalue weighted by Crippen LogP contribution is -2.34. The molecule has 0 saturated heterocycles. The Morgan fingerprint density at radius 2 is 1.76 bits per heavy atom. The van der Waals surface area contributed by atoms with E-state index < -0.39 is 0 Å². The summed E-state index contributed by atoms with van der Waals surface area (Å²) in [5.41, 5.74) is 6.12. The number of imidazole rings is 1. The van der Waals surface area contributed by atoms with Gasteiger partial charge in [0.15, 0.2) is 28.5 Å². The van der Waals surface area contributed by atoms with Gasteiger partial charge >= 0.3 is 0 Å². The van der Waals surface area contributed by atoms with E-state index in [1.54, 1.807) is 18.9 Å². The molecule has 0 radical (unpaired) electrons. The van der Waals surface area contributed by atoms with E-state index in [1.807, 2.05) is 36.5 Å². The Bertz CT molecular complexity index is 1460. The van der Waals surface area contributed by atoms with E-state index in [0.29, 0.717) is 43.5 Å². The third-order valence-electron chi connectivity index (χ3n) is 6.63. The number of anilines is 2. The molecule has 38 heavy (non-hydrogen) atoms. The maximum Gasteiger partial charge on any atom is 0.231 e. The number of likely N-dealkylation sites (N-methyl/N-ethyl adjacent to an activating group) is 2. The first kappa shape index (κ1) is 25.3. The summed E-state index contributed by atoms with van der Waals surface area (Å²) in [4.78, 5) is 29.7. The zero-order valence-electron chi connectivity index (χ0n) is 22.5. The Hall–Kier alpha value is -4.34. The molecule has 1 aliphatic heterocycles. The second-order valence-corrected chi connectivity index (χ2v) is 9.82. The summed E-state index contributed by atoms with van der Waals surface area (Å²) in [6.07, 6.45) is 1.82. The molecule has 1 aliphatic rings. The number of amides is 1. The van der Waals surface area contributed by atoms with E-state index in [9.17, 15) is 4.79 Å². The molecule has 198 valence electrons. The normalized spacial score (nSPS) is 12.1. The van der Waals surface area contributed by atoms with Crippen LogP contribution in [0.2, 0.25) is 0 Å². The second-order valence-electron chi connectivity index (χ2n) is 9.82. The number of fused-ring (bicyclic) bond motifs is 2.